The summed E-state index contributed by atoms with van der Waals surface area (Å²) in [6.07, 6.45) is 4.35. The second kappa shape index (κ2) is 10.8. The van der Waals surface area contributed by atoms with Gasteiger partial charge in [0.25, 0.3) is 11.8 Å². The molecule has 0 fully saturated rings. The number of carbonyl (C=O) groups is 2. The minimum Gasteiger partial charge on any atom is -0.497 e. The van der Waals surface area contributed by atoms with Gasteiger partial charge in [0.2, 0.25) is 0 Å². The van der Waals surface area contributed by atoms with Gasteiger partial charge in [0, 0.05) is 29.2 Å². The molecule has 0 unspecified atom stereocenters. The first-order chi connectivity index (χ1) is 18.1. The Balaban J connectivity index is 1.39. The van der Waals surface area contributed by atoms with Gasteiger partial charge in [-0.2, -0.15) is 0 Å². The van der Waals surface area contributed by atoms with Crippen LogP contribution in [0.5, 0.6) is 5.75 Å². The molecule has 0 saturated carbocycles. The first-order valence-corrected chi connectivity index (χ1v) is 12.1. The van der Waals surface area contributed by atoms with Crippen LogP contribution in [-0.2, 0) is 11.2 Å². The molecule has 5 rings (SSSR count). The fourth-order valence-electron chi connectivity index (χ4n) is 4.37. The number of amides is 2. The van der Waals surface area contributed by atoms with Crippen molar-refractivity contribution < 1.29 is 14.3 Å². The molecule has 0 saturated heterocycles. The van der Waals surface area contributed by atoms with Crippen molar-refractivity contribution in [3.05, 3.63) is 120 Å². The van der Waals surface area contributed by atoms with Crippen LogP contribution < -0.4 is 15.4 Å². The third-order valence-corrected chi connectivity index (χ3v) is 6.32. The normalized spacial score (nSPS) is 11.4. The molecule has 0 spiro atoms. The molecular formula is C31H27N3O3. The molecule has 0 aliphatic rings. The van der Waals surface area contributed by atoms with Gasteiger partial charge in [-0.1, -0.05) is 60.7 Å². The van der Waals surface area contributed by atoms with Crippen LogP contribution in [-0.4, -0.2) is 30.5 Å². The molecule has 184 valence electrons. The van der Waals surface area contributed by atoms with Crippen LogP contribution >= 0.6 is 0 Å². The van der Waals surface area contributed by atoms with Crippen molar-refractivity contribution in [2.75, 3.05) is 13.7 Å². The maximum absolute atomic E-state index is 13.3. The highest BCUT2D eigenvalue weighted by atomic mass is 16.5. The minimum atomic E-state index is -0.374. The monoisotopic (exact) mass is 489 g/mol. The molecule has 6 heteroatoms. The quantitative estimate of drug-likeness (QED) is 0.253. The fraction of sp³-hybridized carbons (Fsp3) is 0.0968. The van der Waals surface area contributed by atoms with Crippen molar-refractivity contribution in [2.45, 2.75) is 6.42 Å². The van der Waals surface area contributed by atoms with Crippen molar-refractivity contribution in [3.8, 4) is 5.75 Å². The van der Waals surface area contributed by atoms with Crippen molar-refractivity contribution >= 4 is 39.6 Å². The topological polar surface area (TPSA) is 83.2 Å². The van der Waals surface area contributed by atoms with Crippen LogP contribution in [0, 0.1) is 0 Å². The molecule has 0 aliphatic carbocycles. The molecule has 5 aromatic rings. The highest BCUT2D eigenvalue weighted by Gasteiger charge is 2.16. The Morgan fingerprint density at radius 1 is 0.865 bits per heavy atom. The number of carbonyl (C=O) groups excluding carboxylic acids is 2. The Morgan fingerprint density at radius 2 is 1.59 bits per heavy atom. The van der Waals surface area contributed by atoms with Gasteiger partial charge in [0.05, 0.1) is 7.11 Å². The lowest BCUT2D eigenvalue weighted by Crippen LogP contribution is -2.35. The lowest BCUT2D eigenvalue weighted by molar-refractivity contribution is -0.117. The zero-order valence-electron chi connectivity index (χ0n) is 20.5. The maximum atomic E-state index is 13.3. The van der Waals surface area contributed by atoms with Gasteiger partial charge in [-0.15, -0.1) is 0 Å². The van der Waals surface area contributed by atoms with Gasteiger partial charge >= 0.3 is 0 Å². The van der Waals surface area contributed by atoms with E-state index < -0.39 is 0 Å². The number of nitrogens with one attached hydrogen (secondary N) is 3. The lowest BCUT2D eigenvalue weighted by atomic mass is 10.0. The minimum absolute atomic E-state index is 0.177. The molecule has 6 nitrogen and oxygen atoms in total. The Labute approximate surface area is 215 Å². The van der Waals surface area contributed by atoms with E-state index in [1.807, 2.05) is 66.9 Å². The Bertz CT molecular complexity index is 1590. The first-order valence-electron chi connectivity index (χ1n) is 12.1. The highest BCUT2D eigenvalue weighted by molar-refractivity contribution is 6.06. The van der Waals surface area contributed by atoms with E-state index in [1.165, 1.54) is 0 Å². The molecule has 0 atom stereocenters. The van der Waals surface area contributed by atoms with E-state index in [1.54, 1.807) is 37.5 Å². The number of hydrogen-bond acceptors (Lipinski definition) is 3. The van der Waals surface area contributed by atoms with E-state index >= 15 is 0 Å². The van der Waals surface area contributed by atoms with Crippen LogP contribution in [0.1, 0.15) is 21.5 Å². The summed E-state index contributed by atoms with van der Waals surface area (Å²) < 4.78 is 5.18. The van der Waals surface area contributed by atoms with Gasteiger partial charge in [-0.25, -0.2) is 0 Å². The van der Waals surface area contributed by atoms with Crippen LogP contribution in [0.25, 0.3) is 27.8 Å². The predicted octanol–water partition coefficient (Wildman–Crippen LogP) is 5.46. The summed E-state index contributed by atoms with van der Waals surface area (Å²) >= 11 is 0. The highest BCUT2D eigenvalue weighted by Crippen LogP contribution is 2.21. The number of aromatic nitrogens is 1. The van der Waals surface area contributed by atoms with E-state index in [2.05, 4.69) is 21.7 Å². The first kappa shape index (κ1) is 23.9. The van der Waals surface area contributed by atoms with E-state index in [0.717, 1.165) is 32.8 Å². The maximum Gasteiger partial charge on any atom is 0.267 e. The molecule has 1 heterocycles. The summed E-state index contributed by atoms with van der Waals surface area (Å²) in [5.74, 6) is -0.0753. The van der Waals surface area contributed by atoms with Crippen molar-refractivity contribution in [1.29, 1.82) is 0 Å². The largest absolute Gasteiger partial charge is 0.497 e. The van der Waals surface area contributed by atoms with Gasteiger partial charge in [0.15, 0.2) is 0 Å². The number of hydrogen-bond donors (Lipinski definition) is 3. The van der Waals surface area contributed by atoms with Gasteiger partial charge in [0.1, 0.15) is 11.4 Å². The van der Waals surface area contributed by atoms with Crippen LogP contribution in [0.4, 0.5) is 0 Å². The summed E-state index contributed by atoms with van der Waals surface area (Å²) in [6, 6.07) is 28.7. The molecule has 0 bridgehead atoms. The number of benzene rings is 4. The standard InChI is InChI=1S/C31H27N3O3/c1-37-25-15-13-22(14-16-25)30(35)34-29(19-23-9-6-8-21-7-2-3-10-26(21)23)31(36)32-18-17-24-20-33-28-12-5-4-11-27(24)28/h2-16,19-20,33H,17-18H2,1H3,(H,32,36)(H,34,35). The number of ether oxygens (including phenoxy) is 1. The molecule has 0 aliphatic heterocycles. The fourth-order valence-corrected chi connectivity index (χ4v) is 4.37. The molecule has 0 radical (unpaired) electrons. The molecule has 2 amide bonds. The van der Waals surface area contributed by atoms with Crippen LogP contribution in [0.2, 0.25) is 0 Å². The zero-order valence-corrected chi connectivity index (χ0v) is 20.5. The van der Waals surface area contributed by atoms with E-state index in [-0.39, 0.29) is 17.5 Å². The summed E-state index contributed by atoms with van der Waals surface area (Å²) in [7, 11) is 1.57. The van der Waals surface area contributed by atoms with Crippen LogP contribution in [0.3, 0.4) is 0 Å². The molecule has 1 aromatic heterocycles. The summed E-state index contributed by atoms with van der Waals surface area (Å²) in [5, 5.41) is 8.97. The zero-order chi connectivity index (χ0) is 25.6. The Morgan fingerprint density at radius 3 is 2.41 bits per heavy atom. The number of H-pyrrole nitrogens is 1. The number of fused-ring (bicyclic) bond motifs is 2. The predicted molar refractivity (Wildman–Crippen MR) is 147 cm³/mol. The van der Waals surface area contributed by atoms with E-state index in [9.17, 15) is 9.59 Å². The van der Waals surface area contributed by atoms with Gasteiger partial charge in [-0.05, 0) is 64.7 Å². The van der Waals surface area contributed by atoms with Crippen LogP contribution in [0.15, 0.2) is 103 Å². The molecule has 4 aromatic carbocycles. The number of rotatable bonds is 8. The van der Waals surface area contributed by atoms with E-state index in [0.29, 0.717) is 24.3 Å². The second-order valence-electron chi connectivity index (χ2n) is 8.67. The van der Waals surface area contributed by atoms with Crippen molar-refractivity contribution in [3.63, 3.8) is 0 Å². The van der Waals surface area contributed by atoms with Gasteiger partial charge in [-0.3, -0.25) is 9.59 Å². The Kier molecular flexibility index (Phi) is 6.99. The van der Waals surface area contributed by atoms with Crippen molar-refractivity contribution in [1.82, 2.24) is 15.6 Å². The smallest absolute Gasteiger partial charge is 0.267 e. The summed E-state index contributed by atoms with van der Waals surface area (Å²) in [5.41, 5.74) is 3.63. The molecular weight excluding hydrogens is 462 g/mol. The SMILES string of the molecule is COc1ccc(C(=O)NC(=Cc2cccc3ccccc23)C(=O)NCCc2c[nH]c3ccccc23)cc1. The number of para-hydroxylation sites is 1. The molecule has 37 heavy (non-hydrogen) atoms. The summed E-state index contributed by atoms with van der Waals surface area (Å²) in [6.45, 7) is 0.423. The third kappa shape index (κ3) is 5.38. The third-order valence-electron chi connectivity index (χ3n) is 6.32. The average Bonchev–Trinajstić information content (AvgIpc) is 3.36. The number of methoxy groups -OCH3 is 1. The Hall–Kier alpha value is -4.84. The second-order valence-corrected chi connectivity index (χ2v) is 8.67. The lowest BCUT2D eigenvalue weighted by Gasteiger charge is -2.12. The number of aromatic amines is 1. The van der Waals surface area contributed by atoms with E-state index in [4.69, 9.17) is 4.74 Å². The van der Waals surface area contributed by atoms with Gasteiger partial charge < -0.3 is 20.4 Å². The average molecular weight is 490 g/mol. The molecule has 3 N–H and O–H groups in total. The summed E-state index contributed by atoms with van der Waals surface area (Å²) in [4.78, 5) is 29.6. The van der Waals surface area contributed by atoms with Crippen molar-refractivity contribution in [2.24, 2.45) is 0 Å².